The van der Waals surface area contributed by atoms with Gasteiger partial charge in [-0.15, -0.1) is 0 Å². The molecule has 6 heteroatoms. The van der Waals surface area contributed by atoms with Crippen LogP contribution in [-0.2, 0) is 4.79 Å². The third-order valence-corrected chi connectivity index (χ3v) is 3.72. The van der Waals surface area contributed by atoms with E-state index in [0.29, 0.717) is 31.6 Å². The van der Waals surface area contributed by atoms with Crippen LogP contribution in [0.5, 0.6) is 0 Å². The normalized spacial score (nSPS) is 24.2. The number of carbonyl (C=O) groups is 2. The molecule has 1 fully saturated rings. The minimum atomic E-state index is -0.745. The van der Waals surface area contributed by atoms with Crippen LogP contribution in [0.15, 0.2) is 0 Å². The quantitative estimate of drug-likeness (QED) is 0.592. The molecule has 0 saturated heterocycles. The lowest BCUT2D eigenvalue weighted by Crippen LogP contribution is -2.48. The molecular weight excluding hydrogens is 260 g/mol. The van der Waals surface area contributed by atoms with Crippen LogP contribution in [0.3, 0.4) is 0 Å². The molecule has 0 aromatic carbocycles. The molecule has 1 saturated carbocycles. The summed E-state index contributed by atoms with van der Waals surface area (Å²) < 4.78 is 0. The van der Waals surface area contributed by atoms with Gasteiger partial charge >= 0.3 is 12.0 Å². The Bertz CT molecular complexity index is 325. The van der Waals surface area contributed by atoms with Crippen molar-refractivity contribution >= 4 is 12.0 Å². The van der Waals surface area contributed by atoms with Crippen LogP contribution in [-0.4, -0.2) is 40.9 Å². The van der Waals surface area contributed by atoms with Gasteiger partial charge in [-0.25, -0.2) is 4.79 Å². The number of hydrogen-bond acceptors (Lipinski definition) is 3. The lowest BCUT2D eigenvalue weighted by molar-refractivity contribution is -0.142. The number of carboxylic acid groups (broad SMARTS) is 1. The summed E-state index contributed by atoms with van der Waals surface area (Å²) in [4.78, 5) is 22.7. The maximum absolute atomic E-state index is 11.8. The second kappa shape index (κ2) is 8.09. The van der Waals surface area contributed by atoms with Gasteiger partial charge in [0.15, 0.2) is 0 Å². The maximum Gasteiger partial charge on any atom is 0.315 e. The van der Waals surface area contributed by atoms with Gasteiger partial charge in [0.2, 0.25) is 0 Å². The molecule has 4 N–H and O–H groups in total. The highest BCUT2D eigenvalue weighted by atomic mass is 16.4. The number of hydrogen-bond donors (Lipinski definition) is 4. The Morgan fingerprint density at radius 1 is 1.20 bits per heavy atom. The second-order valence-corrected chi connectivity index (χ2v) is 6.01. The minimum Gasteiger partial charge on any atom is -0.481 e. The van der Waals surface area contributed by atoms with Crippen molar-refractivity contribution in [3.05, 3.63) is 0 Å². The van der Waals surface area contributed by atoms with E-state index in [4.69, 9.17) is 5.11 Å². The molecule has 0 aromatic rings. The van der Waals surface area contributed by atoms with Crippen molar-refractivity contribution in [2.45, 2.75) is 58.0 Å². The first-order chi connectivity index (χ1) is 9.42. The van der Waals surface area contributed by atoms with Gasteiger partial charge in [0.25, 0.3) is 0 Å². The van der Waals surface area contributed by atoms with E-state index in [2.05, 4.69) is 10.6 Å². The summed E-state index contributed by atoms with van der Waals surface area (Å²) in [6, 6.07) is -0.474. The molecule has 6 nitrogen and oxygen atoms in total. The van der Waals surface area contributed by atoms with E-state index in [-0.39, 0.29) is 30.6 Å². The summed E-state index contributed by atoms with van der Waals surface area (Å²) in [6.07, 6.45) is 3.33. The average Bonchev–Trinajstić information content (AvgIpc) is 2.37. The number of aliphatic hydroxyl groups is 1. The van der Waals surface area contributed by atoms with Crippen LogP contribution in [0.4, 0.5) is 4.79 Å². The Morgan fingerprint density at radius 3 is 2.25 bits per heavy atom. The zero-order valence-corrected chi connectivity index (χ0v) is 12.3. The number of nitrogens with one attached hydrogen (secondary N) is 2. The van der Waals surface area contributed by atoms with Crippen molar-refractivity contribution in [3.8, 4) is 0 Å². The van der Waals surface area contributed by atoms with Gasteiger partial charge in [-0.2, -0.15) is 0 Å². The number of carbonyl (C=O) groups excluding carboxylic acids is 1. The molecule has 1 aliphatic carbocycles. The van der Waals surface area contributed by atoms with Crippen molar-refractivity contribution in [1.82, 2.24) is 10.6 Å². The number of carboxylic acids is 1. The number of urea groups is 1. The van der Waals surface area contributed by atoms with Gasteiger partial charge in [-0.1, -0.05) is 13.8 Å². The van der Waals surface area contributed by atoms with Crippen molar-refractivity contribution in [1.29, 1.82) is 0 Å². The van der Waals surface area contributed by atoms with Crippen LogP contribution in [0, 0.1) is 11.8 Å². The lowest BCUT2D eigenvalue weighted by atomic mass is 9.86. The van der Waals surface area contributed by atoms with Gasteiger partial charge in [0.05, 0.1) is 18.6 Å². The van der Waals surface area contributed by atoms with E-state index in [1.165, 1.54) is 0 Å². The smallest absolute Gasteiger partial charge is 0.315 e. The van der Waals surface area contributed by atoms with Gasteiger partial charge < -0.3 is 20.8 Å². The van der Waals surface area contributed by atoms with Gasteiger partial charge in [0, 0.05) is 6.04 Å². The van der Waals surface area contributed by atoms with Crippen LogP contribution < -0.4 is 10.6 Å². The molecule has 2 amide bonds. The Morgan fingerprint density at radius 2 is 1.80 bits per heavy atom. The van der Waals surface area contributed by atoms with Crippen LogP contribution in [0.2, 0.25) is 0 Å². The molecule has 1 rings (SSSR count). The molecule has 1 aliphatic rings. The van der Waals surface area contributed by atoms with E-state index in [1.54, 1.807) is 0 Å². The molecule has 0 aliphatic heterocycles. The van der Waals surface area contributed by atoms with Gasteiger partial charge in [-0.05, 0) is 38.0 Å². The summed E-state index contributed by atoms with van der Waals surface area (Å²) in [5.74, 6) is -0.620. The highest BCUT2D eigenvalue weighted by Crippen LogP contribution is 2.24. The maximum atomic E-state index is 11.8. The summed E-state index contributed by atoms with van der Waals surface area (Å²) in [5.41, 5.74) is 0. The highest BCUT2D eigenvalue weighted by molar-refractivity contribution is 5.74. The molecule has 0 radical (unpaired) electrons. The zero-order chi connectivity index (χ0) is 15.1. The van der Waals surface area contributed by atoms with E-state index in [1.807, 2.05) is 13.8 Å². The first-order valence-corrected chi connectivity index (χ1v) is 7.33. The Balaban J connectivity index is 2.30. The molecule has 1 unspecified atom stereocenters. The number of rotatable bonds is 6. The van der Waals surface area contributed by atoms with Crippen LogP contribution >= 0.6 is 0 Å². The SMILES string of the molecule is CC(C)CC(CO)NC(=O)NC1CCC(C(=O)O)CC1. The third kappa shape index (κ3) is 5.77. The predicted molar refractivity (Wildman–Crippen MR) is 75.4 cm³/mol. The molecule has 1 atom stereocenters. The van der Waals surface area contributed by atoms with E-state index >= 15 is 0 Å². The fourth-order valence-corrected chi connectivity index (χ4v) is 2.65. The minimum absolute atomic E-state index is 0.0315. The van der Waals surface area contributed by atoms with E-state index in [0.717, 1.165) is 6.42 Å². The van der Waals surface area contributed by atoms with Crippen molar-refractivity contribution in [2.24, 2.45) is 11.8 Å². The fourth-order valence-electron chi connectivity index (χ4n) is 2.65. The number of amides is 2. The monoisotopic (exact) mass is 286 g/mol. The summed E-state index contributed by atoms with van der Waals surface area (Å²) in [6.45, 7) is 4.00. The first-order valence-electron chi connectivity index (χ1n) is 7.33. The molecule has 0 aromatic heterocycles. The molecule has 0 bridgehead atoms. The predicted octanol–water partition coefficient (Wildman–Crippen LogP) is 1.34. The van der Waals surface area contributed by atoms with Gasteiger partial charge in [-0.3, -0.25) is 4.79 Å². The van der Waals surface area contributed by atoms with Crippen molar-refractivity contribution in [2.75, 3.05) is 6.61 Å². The van der Waals surface area contributed by atoms with Gasteiger partial charge in [0.1, 0.15) is 0 Å². The van der Waals surface area contributed by atoms with E-state index in [9.17, 15) is 14.7 Å². The third-order valence-electron chi connectivity index (χ3n) is 3.72. The largest absolute Gasteiger partial charge is 0.481 e. The molecule has 0 spiro atoms. The summed E-state index contributed by atoms with van der Waals surface area (Å²) >= 11 is 0. The number of aliphatic carboxylic acids is 1. The molecule has 20 heavy (non-hydrogen) atoms. The lowest BCUT2D eigenvalue weighted by Gasteiger charge is -2.28. The highest BCUT2D eigenvalue weighted by Gasteiger charge is 2.27. The molecular formula is C14H26N2O4. The zero-order valence-electron chi connectivity index (χ0n) is 12.3. The average molecular weight is 286 g/mol. The Labute approximate surface area is 119 Å². The fraction of sp³-hybridized carbons (Fsp3) is 0.857. The van der Waals surface area contributed by atoms with E-state index < -0.39 is 5.97 Å². The summed E-state index contributed by atoms with van der Waals surface area (Å²) in [5, 5.41) is 23.8. The number of aliphatic hydroxyl groups excluding tert-OH is 1. The first kappa shape index (κ1) is 16.8. The Kier molecular flexibility index (Phi) is 6.78. The molecule has 0 heterocycles. The summed E-state index contributed by atoms with van der Waals surface area (Å²) in [7, 11) is 0. The Hall–Kier alpha value is -1.30. The standard InChI is InChI=1S/C14H26N2O4/c1-9(2)7-12(8-17)16-14(20)15-11-5-3-10(4-6-11)13(18)19/h9-12,17H,3-8H2,1-2H3,(H,18,19)(H2,15,16,20). The van der Waals surface area contributed by atoms with Crippen LogP contribution in [0.1, 0.15) is 46.0 Å². The topological polar surface area (TPSA) is 98.7 Å². The van der Waals surface area contributed by atoms with Crippen molar-refractivity contribution in [3.63, 3.8) is 0 Å². The van der Waals surface area contributed by atoms with Crippen molar-refractivity contribution < 1.29 is 19.8 Å². The second-order valence-electron chi connectivity index (χ2n) is 6.01. The molecule has 116 valence electrons. The van der Waals surface area contributed by atoms with Crippen LogP contribution in [0.25, 0.3) is 0 Å².